The van der Waals surface area contributed by atoms with Gasteiger partial charge in [0.2, 0.25) is 15.8 Å². The summed E-state index contributed by atoms with van der Waals surface area (Å²) >= 11 is 0. The number of ether oxygens (including phenoxy) is 3. The van der Waals surface area contributed by atoms with Gasteiger partial charge in [0, 0.05) is 13.1 Å². The zero-order valence-corrected chi connectivity index (χ0v) is 16.8. The Morgan fingerprint density at radius 1 is 1.21 bits per heavy atom. The first kappa shape index (κ1) is 23.0. The van der Waals surface area contributed by atoms with Crippen molar-refractivity contribution in [3.63, 3.8) is 0 Å². The maximum atomic E-state index is 12.7. The van der Waals surface area contributed by atoms with Crippen molar-refractivity contribution < 1.29 is 40.6 Å². The highest BCUT2D eigenvalue weighted by Gasteiger charge is 2.32. The molecule has 7 nitrogen and oxygen atoms in total. The Bertz CT molecular complexity index is 828. The molecule has 0 aromatic heterocycles. The highest BCUT2D eigenvalue weighted by molar-refractivity contribution is 7.89. The van der Waals surface area contributed by atoms with Crippen LogP contribution in [-0.4, -0.2) is 51.9 Å². The van der Waals surface area contributed by atoms with E-state index in [0.29, 0.717) is 12.8 Å². The van der Waals surface area contributed by atoms with Crippen molar-refractivity contribution in [3.8, 4) is 5.75 Å². The van der Waals surface area contributed by atoms with Gasteiger partial charge in [0.25, 0.3) is 0 Å². The largest absolute Gasteiger partial charge is 0.573 e. The number of hydrogen-bond acceptors (Lipinski definition) is 6. The van der Waals surface area contributed by atoms with Crippen molar-refractivity contribution in [2.75, 3.05) is 26.8 Å². The van der Waals surface area contributed by atoms with E-state index in [-0.39, 0.29) is 36.3 Å². The van der Waals surface area contributed by atoms with Gasteiger partial charge in [0.1, 0.15) is 5.75 Å². The topological polar surface area (TPSA) is 82.1 Å². The maximum Gasteiger partial charge on any atom is 0.573 e. The molecule has 29 heavy (non-hydrogen) atoms. The molecule has 0 radical (unpaired) electrons. The molecule has 0 unspecified atom stereocenters. The van der Waals surface area contributed by atoms with Crippen LogP contribution >= 0.6 is 0 Å². The van der Waals surface area contributed by atoms with E-state index in [1.807, 2.05) is 0 Å². The Kier molecular flexibility index (Phi) is 7.53. The summed E-state index contributed by atoms with van der Waals surface area (Å²) in [6.45, 7) is 2.29. The quantitative estimate of drug-likeness (QED) is 0.371. The fourth-order valence-corrected chi connectivity index (χ4v) is 4.35. The molecule has 0 atom stereocenters. The number of nitrogens with zero attached hydrogens (tertiary/aromatic N) is 1. The lowest BCUT2D eigenvalue weighted by molar-refractivity contribution is -0.274. The van der Waals surface area contributed by atoms with E-state index in [1.54, 1.807) is 13.0 Å². The highest BCUT2D eigenvalue weighted by Crippen LogP contribution is 2.28. The van der Waals surface area contributed by atoms with Crippen molar-refractivity contribution >= 4 is 16.0 Å². The molecule has 0 aliphatic carbocycles. The van der Waals surface area contributed by atoms with Crippen LogP contribution in [0.1, 0.15) is 19.8 Å². The molecule has 2 rings (SSSR count). The van der Waals surface area contributed by atoms with Gasteiger partial charge in [-0.05, 0) is 56.0 Å². The van der Waals surface area contributed by atoms with E-state index in [0.717, 1.165) is 24.3 Å². The number of benzene rings is 1. The number of halogens is 3. The summed E-state index contributed by atoms with van der Waals surface area (Å²) in [5.74, 6) is -1.06. The predicted octanol–water partition coefficient (Wildman–Crippen LogP) is 3.08. The van der Waals surface area contributed by atoms with E-state index >= 15 is 0 Å². The number of methoxy groups -OCH3 is 1. The molecule has 1 aliphatic rings. The maximum absolute atomic E-state index is 12.7. The van der Waals surface area contributed by atoms with Crippen LogP contribution in [0.25, 0.3) is 0 Å². The summed E-state index contributed by atoms with van der Waals surface area (Å²) in [6, 6.07) is 4.07. The van der Waals surface area contributed by atoms with Crippen LogP contribution in [0.2, 0.25) is 0 Å². The number of sulfonamides is 1. The van der Waals surface area contributed by atoms with E-state index in [1.165, 1.54) is 11.4 Å². The first-order valence-electron chi connectivity index (χ1n) is 8.85. The molecular weight excluding hydrogens is 415 g/mol. The molecule has 0 saturated carbocycles. The SMILES string of the molecule is CCOC(=O)/C(=C/C1CCN(S(=O)(=O)c2ccc(OC(F)(F)F)cc2)CC1)OC. The lowest BCUT2D eigenvalue weighted by Gasteiger charge is -2.30. The smallest absolute Gasteiger partial charge is 0.490 e. The van der Waals surface area contributed by atoms with Gasteiger partial charge in [-0.3, -0.25) is 0 Å². The third-order valence-corrected chi connectivity index (χ3v) is 6.19. The number of allylic oxidation sites excluding steroid dienone is 1. The summed E-state index contributed by atoms with van der Waals surface area (Å²) < 4.78 is 77.0. The molecule has 1 aromatic carbocycles. The van der Waals surface area contributed by atoms with Crippen LogP contribution in [0.5, 0.6) is 5.75 Å². The number of hydrogen-bond donors (Lipinski definition) is 0. The molecule has 1 aromatic rings. The second kappa shape index (κ2) is 9.49. The van der Waals surface area contributed by atoms with Crippen LogP contribution in [0.3, 0.4) is 0 Å². The summed E-state index contributed by atoms with van der Waals surface area (Å²) in [4.78, 5) is 11.6. The van der Waals surface area contributed by atoms with Gasteiger partial charge in [-0.2, -0.15) is 4.31 Å². The van der Waals surface area contributed by atoms with Crippen molar-refractivity contribution in [1.29, 1.82) is 0 Å². The first-order chi connectivity index (χ1) is 13.6. The van der Waals surface area contributed by atoms with Gasteiger partial charge in [0.05, 0.1) is 18.6 Å². The summed E-state index contributed by atoms with van der Waals surface area (Å²) in [5, 5.41) is 0. The minimum absolute atomic E-state index is 0.0663. The Morgan fingerprint density at radius 3 is 2.28 bits per heavy atom. The number of carbonyl (C=O) groups excluding carboxylic acids is 1. The first-order valence-corrected chi connectivity index (χ1v) is 10.3. The predicted molar refractivity (Wildman–Crippen MR) is 96.3 cm³/mol. The molecule has 1 heterocycles. The Balaban J connectivity index is 2.03. The van der Waals surface area contributed by atoms with Gasteiger partial charge in [-0.15, -0.1) is 13.2 Å². The third-order valence-electron chi connectivity index (χ3n) is 4.28. The van der Waals surface area contributed by atoms with Crippen LogP contribution in [0.4, 0.5) is 13.2 Å². The molecule has 0 amide bonds. The number of rotatable bonds is 7. The Hall–Kier alpha value is -2.27. The van der Waals surface area contributed by atoms with Crippen LogP contribution < -0.4 is 4.74 Å². The second-order valence-corrected chi connectivity index (χ2v) is 8.15. The van der Waals surface area contributed by atoms with Crippen molar-refractivity contribution in [2.45, 2.75) is 31.0 Å². The highest BCUT2D eigenvalue weighted by atomic mass is 32.2. The van der Waals surface area contributed by atoms with E-state index in [4.69, 9.17) is 9.47 Å². The summed E-state index contributed by atoms with van der Waals surface area (Å²) in [7, 11) is -2.50. The number of esters is 1. The fourth-order valence-electron chi connectivity index (χ4n) is 2.88. The minimum atomic E-state index is -4.85. The summed E-state index contributed by atoms with van der Waals surface area (Å²) in [6.07, 6.45) is -2.30. The molecule has 11 heteroatoms. The average molecular weight is 437 g/mol. The zero-order valence-electron chi connectivity index (χ0n) is 15.9. The van der Waals surface area contributed by atoms with Gasteiger partial charge >= 0.3 is 12.3 Å². The molecule has 162 valence electrons. The van der Waals surface area contributed by atoms with Gasteiger partial charge in [-0.1, -0.05) is 0 Å². The zero-order chi connectivity index (χ0) is 21.7. The van der Waals surface area contributed by atoms with Crippen LogP contribution in [0, 0.1) is 5.92 Å². The lowest BCUT2D eigenvalue weighted by atomic mass is 9.97. The second-order valence-electron chi connectivity index (χ2n) is 6.22. The fraction of sp³-hybridized carbons (Fsp3) is 0.500. The van der Waals surface area contributed by atoms with Crippen molar-refractivity contribution in [2.24, 2.45) is 5.92 Å². The van der Waals surface area contributed by atoms with Crippen LogP contribution in [-0.2, 0) is 24.3 Å². The Morgan fingerprint density at radius 2 is 1.79 bits per heavy atom. The monoisotopic (exact) mass is 437 g/mol. The van der Waals surface area contributed by atoms with E-state index in [2.05, 4.69) is 4.74 Å². The Labute approximate surface area is 167 Å². The van der Waals surface area contributed by atoms with Crippen molar-refractivity contribution in [3.05, 3.63) is 36.1 Å². The normalized spacial score (nSPS) is 17.1. The van der Waals surface area contributed by atoms with Crippen LogP contribution in [0.15, 0.2) is 41.0 Å². The third kappa shape index (κ3) is 6.36. The van der Waals surface area contributed by atoms with E-state index < -0.39 is 28.1 Å². The average Bonchev–Trinajstić information content (AvgIpc) is 2.65. The number of piperidine rings is 1. The van der Waals surface area contributed by atoms with Gasteiger partial charge < -0.3 is 14.2 Å². The standard InChI is InChI=1S/C18H22F3NO6S/c1-3-27-17(23)16(26-2)12-13-8-10-22(11-9-13)29(24,25)15-6-4-14(5-7-15)28-18(19,20)21/h4-7,12-13H,3,8-11H2,1-2H3/b16-12-. The molecule has 0 spiro atoms. The molecule has 1 fully saturated rings. The molecule has 0 N–H and O–H groups in total. The van der Waals surface area contributed by atoms with E-state index in [9.17, 15) is 26.4 Å². The number of carbonyl (C=O) groups is 1. The molecule has 1 saturated heterocycles. The molecular formula is C18H22F3NO6S. The molecule has 0 bridgehead atoms. The van der Waals surface area contributed by atoms with Gasteiger partial charge in [-0.25, -0.2) is 13.2 Å². The minimum Gasteiger partial charge on any atom is -0.490 e. The molecule has 1 aliphatic heterocycles. The number of alkyl halides is 3. The summed E-state index contributed by atoms with van der Waals surface area (Å²) in [5.41, 5.74) is 0. The lowest BCUT2D eigenvalue weighted by Crippen LogP contribution is -2.38. The van der Waals surface area contributed by atoms with Gasteiger partial charge in [0.15, 0.2) is 0 Å². The van der Waals surface area contributed by atoms with Crippen molar-refractivity contribution in [1.82, 2.24) is 4.31 Å².